The normalized spacial score (nSPS) is 16.1. The monoisotopic (exact) mass is 290 g/mol. The summed E-state index contributed by atoms with van der Waals surface area (Å²) in [5.74, 6) is 0. The fourth-order valence-electron chi connectivity index (χ4n) is 0.671. The molecule has 0 heterocycles. The van der Waals surface area contributed by atoms with E-state index in [2.05, 4.69) is 0 Å². The Kier molecular flexibility index (Phi) is 22.0. The molecule has 120 valence electrons. The van der Waals surface area contributed by atoms with Gasteiger partial charge in [-0.05, 0) is 6.92 Å². The van der Waals surface area contributed by atoms with Crippen LogP contribution in [0.25, 0.3) is 0 Å². The van der Waals surface area contributed by atoms with Gasteiger partial charge in [0.15, 0.2) is 0 Å². The van der Waals surface area contributed by atoms with Gasteiger partial charge in [-0.25, -0.2) is 0 Å². The van der Waals surface area contributed by atoms with Gasteiger partial charge in [-0.1, -0.05) is 0 Å². The Balaban J connectivity index is -0.000000303. The molecule has 19 heavy (non-hydrogen) atoms. The van der Waals surface area contributed by atoms with E-state index in [9.17, 15) is 0 Å². The van der Waals surface area contributed by atoms with Crippen LogP contribution in [0.5, 0.6) is 0 Å². The molecular formula is C10H26O9. The summed E-state index contributed by atoms with van der Waals surface area (Å²) in [6, 6.07) is 0. The van der Waals surface area contributed by atoms with Crippen molar-refractivity contribution in [3.05, 3.63) is 0 Å². The number of hydrogen-bond acceptors (Lipinski definition) is 9. The lowest BCUT2D eigenvalue weighted by atomic mass is 10.0. The van der Waals surface area contributed by atoms with Crippen molar-refractivity contribution in [2.45, 2.75) is 31.3 Å². The van der Waals surface area contributed by atoms with E-state index in [0.717, 1.165) is 0 Å². The first-order chi connectivity index (χ1) is 8.87. The van der Waals surface area contributed by atoms with Gasteiger partial charge in [0.25, 0.3) is 0 Å². The Hall–Kier alpha value is -0.360. The number of aliphatic hydroxyl groups excluding tert-OH is 9. The van der Waals surface area contributed by atoms with Gasteiger partial charge < -0.3 is 46.0 Å². The van der Waals surface area contributed by atoms with Crippen LogP contribution < -0.4 is 0 Å². The second-order valence-corrected chi connectivity index (χ2v) is 3.24. The maximum atomic E-state index is 8.96. The third-order valence-electron chi connectivity index (χ3n) is 1.61. The first-order valence-electron chi connectivity index (χ1n) is 5.64. The number of hydrogen-bond donors (Lipinski definition) is 9. The molecule has 0 aromatic rings. The summed E-state index contributed by atoms with van der Waals surface area (Å²) >= 11 is 0. The first kappa shape index (κ1) is 23.7. The van der Waals surface area contributed by atoms with E-state index in [0.29, 0.717) is 0 Å². The molecule has 0 aromatic heterocycles. The van der Waals surface area contributed by atoms with E-state index in [1.807, 2.05) is 0 Å². The third kappa shape index (κ3) is 15.6. The van der Waals surface area contributed by atoms with Crippen LogP contribution >= 0.6 is 0 Å². The molecule has 4 atom stereocenters. The van der Waals surface area contributed by atoms with Gasteiger partial charge in [-0.3, -0.25) is 0 Å². The molecule has 0 radical (unpaired) electrons. The predicted molar refractivity (Wildman–Crippen MR) is 65.1 cm³/mol. The van der Waals surface area contributed by atoms with Crippen LogP contribution in [0.3, 0.4) is 0 Å². The average Bonchev–Trinajstić information content (AvgIpc) is 2.44. The molecular weight excluding hydrogens is 264 g/mol. The third-order valence-corrected chi connectivity index (χ3v) is 1.61. The van der Waals surface area contributed by atoms with Crippen LogP contribution in [-0.4, -0.2) is 103 Å². The van der Waals surface area contributed by atoms with E-state index >= 15 is 0 Å². The molecule has 0 saturated carbocycles. The lowest BCUT2D eigenvalue weighted by Gasteiger charge is -2.24. The predicted octanol–water partition coefficient (Wildman–Crippen LogP) is -4.62. The van der Waals surface area contributed by atoms with Crippen LogP contribution in [0.2, 0.25) is 0 Å². The van der Waals surface area contributed by atoms with E-state index in [1.165, 1.54) is 0 Å². The Bertz CT molecular complexity index is 142. The number of rotatable bonds is 6. The van der Waals surface area contributed by atoms with Crippen molar-refractivity contribution >= 4 is 0 Å². The molecule has 0 amide bonds. The fraction of sp³-hybridized carbons (Fsp3) is 1.00. The highest BCUT2D eigenvalue weighted by atomic mass is 16.4. The largest absolute Gasteiger partial charge is 0.397 e. The molecule has 0 spiro atoms. The Morgan fingerprint density at radius 2 is 0.842 bits per heavy atom. The minimum Gasteiger partial charge on any atom is -0.397 e. The molecule has 9 N–H and O–H groups in total. The highest BCUT2D eigenvalue weighted by molar-refractivity contribution is 4.79. The van der Waals surface area contributed by atoms with Gasteiger partial charge in [-0.2, -0.15) is 0 Å². The number of aliphatic hydroxyl groups is 9. The maximum absolute atomic E-state index is 8.96. The van der Waals surface area contributed by atoms with Crippen molar-refractivity contribution in [2.75, 3.05) is 33.0 Å². The second-order valence-electron chi connectivity index (χ2n) is 3.24. The van der Waals surface area contributed by atoms with Crippen molar-refractivity contribution < 1.29 is 46.0 Å². The van der Waals surface area contributed by atoms with Crippen molar-refractivity contribution in [2.24, 2.45) is 0 Å². The van der Waals surface area contributed by atoms with E-state index < -0.39 is 37.6 Å². The summed E-state index contributed by atoms with van der Waals surface area (Å²) in [5.41, 5.74) is 0. The quantitative estimate of drug-likeness (QED) is 0.232. The molecule has 0 rings (SSSR count). The zero-order chi connectivity index (χ0) is 15.8. The van der Waals surface area contributed by atoms with Gasteiger partial charge in [0.05, 0.1) is 26.4 Å². The molecule has 0 aliphatic rings. The molecule has 9 heteroatoms. The minimum atomic E-state index is -1.67. The Morgan fingerprint density at radius 3 is 0.947 bits per heavy atom. The summed E-state index contributed by atoms with van der Waals surface area (Å²) < 4.78 is 0. The summed E-state index contributed by atoms with van der Waals surface area (Å²) in [6.07, 6.45) is -6.39. The van der Waals surface area contributed by atoms with E-state index in [1.54, 1.807) is 6.92 Å². The summed E-state index contributed by atoms with van der Waals surface area (Å²) in [5, 5.41) is 75.0. The smallest absolute Gasteiger partial charge is 0.111 e. The second kappa shape index (κ2) is 17.6. The first-order valence-corrected chi connectivity index (χ1v) is 5.64. The molecule has 0 aliphatic heterocycles. The molecule has 9 nitrogen and oxygen atoms in total. The Labute approximate surface area is 111 Å². The van der Waals surface area contributed by atoms with Crippen LogP contribution in [-0.2, 0) is 0 Å². The lowest BCUT2D eigenvalue weighted by molar-refractivity contribution is -0.123. The molecule has 0 fully saturated rings. The molecule has 0 bridgehead atoms. The zero-order valence-corrected chi connectivity index (χ0v) is 10.9. The summed E-state index contributed by atoms with van der Waals surface area (Å²) in [6.45, 7) is 0.229. The van der Waals surface area contributed by atoms with Crippen LogP contribution in [0.15, 0.2) is 0 Å². The van der Waals surface area contributed by atoms with E-state index in [-0.39, 0.29) is 19.8 Å². The van der Waals surface area contributed by atoms with Crippen molar-refractivity contribution in [1.29, 1.82) is 0 Å². The SMILES string of the molecule is CCO.OCC(O)C(O)C(O)C(O)CO.OCCO. The van der Waals surface area contributed by atoms with Gasteiger partial charge in [0.2, 0.25) is 0 Å². The maximum Gasteiger partial charge on any atom is 0.111 e. The van der Waals surface area contributed by atoms with Crippen LogP contribution in [0.4, 0.5) is 0 Å². The molecule has 0 aromatic carbocycles. The summed E-state index contributed by atoms with van der Waals surface area (Å²) in [7, 11) is 0. The average molecular weight is 290 g/mol. The Morgan fingerprint density at radius 1 is 0.632 bits per heavy atom. The van der Waals surface area contributed by atoms with Gasteiger partial charge in [0, 0.05) is 6.61 Å². The lowest BCUT2D eigenvalue weighted by Crippen LogP contribution is -2.46. The van der Waals surface area contributed by atoms with Crippen LogP contribution in [0, 0.1) is 0 Å². The zero-order valence-electron chi connectivity index (χ0n) is 10.9. The molecule has 0 aliphatic carbocycles. The van der Waals surface area contributed by atoms with Crippen molar-refractivity contribution in [3.8, 4) is 0 Å². The minimum absolute atomic E-state index is 0.125. The standard InChI is InChI=1S/C6H14O6.C2H6O2.C2H6O/c7-1-3(9)5(11)6(12)4(10)2-8;3-1-2-4;1-2-3/h3-12H,1-2H2;3-4H,1-2H2;3H,2H2,1H3. The van der Waals surface area contributed by atoms with Crippen molar-refractivity contribution in [1.82, 2.24) is 0 Å². The fourth-order valence-corrected chi connectivity index (χ4v) is 0.671. The topological polar surface area (TPSA) is 182 Å². The van der Waals surface area contributed by atoms with E-state index in [4.69, 9.17) is 46.0 Å². The molecule has 4 unspecified atom stereocenters. The van der Waals surface area contributed by atoms with Crippen LogP contribution in [0.1, 0.15) is 6.92 Å². The highest BCUT2D eigenvalue weighted by Gasteiger charge is 2.29. The van der Waals surface area contributed by atoms with Gasteiger partial charge in [0.1, 0.15) is 24.4 Å². The van der Waals surface area contributed by atoms with Gasteiger partial charge >= 0.3 is 0 Å². The van der Waals surface area contributed by atoms with Crippen molar-refractivity contribution in [3.63, 3.8) is 0 Å². The molecule has 0 saturated heterocycles. The van der Waals surface area contributed by atoms with Gasteiger partial charge in [-0.15, -0.1) is 0 Å². The summed E-state index contributed by atoms with van der Waals surface area (Å²) in [4.78, 5) is 0. The highest BCUT2D eigenvalue weighted by Crippen LogP contribution is 2.03.